The molecule has 17 heavy (non-hydrogen) atoms. The lowest BCUT2D eigenvalue weighted by atomic mass is 10.2. The number of carbonyl (C=O) groups is 1. The summed E-state index contributed by atoms with van der Waals surface area (Å²) in [7, 11) is 0. The fourth-order valence-electron chi connectivity index (χ4n) is 1.20. The normalized spacial score (nSPS) is 9.35. The Labute approximate surface area is 96.4 Å². The van der Waals surface area contributed by atoms with Crippen LogP contribution in [0.1, 0.15) is 12.0 Å². The third kappa shape index (κ3) is 3.46. The van der Waals surface area contributed by atoms with Crippen LogP contribution in [0.3, 0.4) is 0 Å². The van der Waals surface area contributed by atoms with Crippen molar-refractivity contribution in [1.29, 1.82) is 5.26 Å². The van der Waals surface area contributed by atoms with E-state index in [2.05, 4.69) is 5.32 Å². The standard InChI is InChI=1S/C10H9N3O4/c11-6-7-1-2-8(5-9(7)13(16)17)12-4-3-10(14)15/h1-2,5,12H,3-4H2,(H,14,15). The molecule has 0 aliphatic carbocycles. The quantitative estimate of drug-likeness (QED) is 0.587. The number of nitro groups is 1. The molecule has 1 rings (SSSR count). The molecule has 7 nitrogen and oxygen atoms in total. The van der Waals surface area contributed by atoms with Crippen LogP contribution >= 0.6 is 0 Å². The van der Waals surface area contributed by atoms with E-state index < -0.39 is 10.9 Å². The Hall–Kier alpha value is -2.62. The van der Waals surface area contributed by atoms with Crippen LogP contribution in [0, 0.1) is 21.4 Å². The molecular weight excluding hydrogens is 226 g/mol. The summed E-state index contributed by atoms with van der Waals surface area (Å²) in [6.45, 7) is 0.165. The van der Waals surface area contributed by atoms with E-state index >= 15 is 0 Å². The van der Waals surface area contributed by atoms with Gasteiger partial charge in [0.05, 0.1) is 11.3 Å². The summed E-state index contributed by atoms with van der Waals surface area (Å²) >= 11 is 0. The van der Waals surface area contributed by atoms with Crippen LogP contribution in [0.5, 0.6) is 0 Å². The fraction of sp³-hybridized carbons (Fsp3) is 0.200. The minimum atomic E-state index is -0.958. The monoisotopic (exact) mass is 235 g/mol. The van der Waals surface area contributed by atoms with Gasteiger partial charge in [-0.2, -0.15) is 5.26 Å². The molecule has 0 saturated carbocycles. The molecule has 7 heteroatoms. The third-order valence-electron chi connectivity index (χ3n) is 1.98. The average molecular weight is 235 g/mol. The Balaban J connectivity index is 2.82. The molecule has 0 spiro atoms. The van der Waals surface area contributed by atoms with E-state index in [0.29, 0.717) is 5.69 Å². The zero-order valence-corrected chi connectivity index (χ0v) is 8.71. The van der Waals surface area contributed by atoms with Gasteiger partial charge in [0, 0.05) is 18.3 Å². The summed E-state index contributed by atoms with van der Waals surface area (Å²) in [5, 5.41) is 30.5. The Morgan fingerprint density at radius 1 is 1.59 bits per heavy atom. The molecule has 88 valence electrons. The largest absolute Gasteiger partial charge is 0.481 e. The van der Waals surface area contributed by atoms with Gasteiger partial charge in [0.2, 0.25) is 0 Å². The van der Waals surface area contributed by atoms with E-state index in [1.54, 1.807) is 6.07 Å². The molecule has 1 aromatic rings. The van der Waals surface area contributed by atoms with E-state index in [4.69, 9.17) is 10.4 Å². The second-order valence-electron chi connectivity index (χ2n) is 3.17. The van der Waals surface area contributed by atoms with E-state index in [-0.39, 0.29) is 24.2 Å². The number of anilines is 1. The zero-order chi connectivity index (χ0) is 12.8. The summed E-state index contributed by atoms with van der Waals surface area (Å²) in [5.41, 5.74) is 0.0866. The van der Waals surface area contributed by atoms with E-state index in [0.717, 1.165) is 0 Å². The molecule has 0 radical (unpaired) electrons. The van der Waals surface area contributed by atoms with Crippen LogP contribution in [-0.2, 0) is 4.79 Å². The van der Waals surface area contributed by atoms with E-state index in [1.807, 2.05) is 0 Å². The third-order valence-corrected chi connectivity index (χ3v) is 1.98. The number of hydrogen-bond donors (Lipinski definition) is 2. The predicted octanol–water partition coefficient (Wildman–Crippen LogP) is 1.35. The lowest BCUT2D eigenvalue weighted by molar-refractivity contribution is -0.385. The minimum Gasteiger partial charge on any atom is -0.481 e. The fourth-order valence-corrected chi connectivity index (χ4v) is 1.20. The van der Waals surface area contributed by atoms with Crippen molar-refractivity contribution < 1.29 is 14.8 Å². The second kappa shape index (κ2) is 5.46. The van der Waals surface area contributed by atoms with Crippen molar-refractivity contribution in [2.24, 2.45) is 0 Å². The lowest BCUT2D eigenvalue weighted by Crippen LogP contribution is -2.07. The number of rotatable bonds is 5. The van der Waals surface area contributed by atoms with Crippen LogP contribution < -0.4 is 5.32 Å². The van der Waals surface area contributed by atoms with Gasteiger partial charge < -0.3 is 10.4 Å². The van der Waals surface area contributed by atoms with Gasteiger partial charge in [-0.05, 0) is 12.1 Å². The molecule has 0 aromatic heterocycles. The van der Waals surface area contributed by atoms with Crippen molar-refractivity contribution in [2.45, 2.75) is 6.42 Å². The van der Waals surface area contributed by atoms with Gasteiger partial charge in [-0.1, -0.05) is 0 Å². The first-order valence-electron chi connectivity index (χ1n) is 4.69. The highest BCUT2D eigenvalue weighted by Gasteiger charge is 2.13. The van der Waals surface area contributed by atoms with Gasteiger partial charge in [0.15, 0.2) is 0 Å². The number of nitrogens with zero attached hydrogens (tertiary/aromatic N) is 2. The molecule has 0 heterocycles. The molecule has 0 aliphatic rings. The van der Waals surface area contributed by atoms with Gasteiger partial charge in [0.1, 0.15) is 11.6 Å². The molecule has 0 unspecified atom stereocenters. The van der Waals surface area contributed by atoms with E-state index in [1.165, 1.54) is 18.2 Å². The Bertz CT molecular complexity index is 493. The van der Waals surface area contributed by atoms with Gasteiger partial charge in [-0.25, -0.2) is 0 Å². The van der Waals surface area contributed by atoms with Crippen LogP contribution in [-0.4, -0.2) is 22.5 Å². The second-order valence-corrected chi connectivity index (χ2v) is 3.17. The van der Waals surface area contributed by atoms with Crippen molar-refractivity contribution in [3.63, 3.8) is 0 Å². The van der Waals surface area contributed by atoms with Gasteiger partial charge >= 0.3 is 5.97 Å². The molecular formula is C10H9N3O4. The number of nitriles is 1. The van der Waals surface area contributed by atoms with Crippen molar-refractivity contribution >= 4 is 17.3 Å². The number of nitrogens with one attached hydrogen (secondary N) is 1. The maximum atomic E-state index is 10.6. The molecule has 0 saturated heterocycles. The van der Waals surface area contributed by atoms with Crippen molar-refractivity contribution in [3.05, 3.63) is 33.9 Å². The topological polar surface area (TPSA) is 116 Å². The maximum Gasteiger partial charge on any atom is 0.305 e. The van der Waals surface area contributed by atoms with E-state index in [9.17, 15) is 14.9 Å². The summed E-state index contributed by atoms with van der Waals surface area (Å²) < 4.78 is 0. The van der Waals surface area contributed by atoms with Gasteiger partial charge in [0.25, 0.3) is 5.69 Å². The first kappa shape index (κ1) is 12.4. The molecule has 2 N–H and O–H groups in total. The Morgan fingerprint density at radius 2 is 2.29 bits per heavy atom. The minimum absolute atomic E-state index is 0.0289. The summed E-state index contributed by atoms with van der Waals surface area (Å²) in [6.07, 6.45) is -0.0895. The average Bonchev–Trinajstić information content (AvgIpc) is 2.28. The SMILES string of the molecule is N#Cc1ccc(NCCC(=O)O)cc1[N+](=O)[O-]. The molecule has 0 atom stereocenters. The molecule has 0 bridgehead atoms. The first-order chi connectivity index (χ1) is 8.04. The van der Waals surface area contributed by atoms with Crippen molar-refractivity contribution in [3.8, 4) is 6.07 Å². The number of carboxylic acids is 1. The number of hydrogen-bond acceptors (Lipinski definition) is 5. The van der Waals surface area contributed by atoms with Crippen molar-refractivity contribution in [1.82, 2.24) is 0 Å². The van der Waals surface area contributed by atoms with Crippen molar-refractivity contribution in [2.75, 3.05) is 11.9 Å². The predicted molar refractivity (Wildman–Crippen MR) is 58.6 cm³/mol. The maximum absolute atomic E-state index is 10.6. The number of aliphatic carboxylic acids is 1. The summed E-state index contributed by atoms with van der Waals surface area (Å²) in [5.74, 6) is -0.958. The molecule has 1 aromatic carbocycles. The highest BCUT2D eigenvalue weighted by Crippen LogP contribution is 2.22. The lowest BCUT2D eigenvalue weighted by Gasteiger charge is -2.04. The van der Waals surface area contributed by atoms with Crippen LogP contribution in [0.4, 0.5) is 11.4 Å². The highest BCUT2D eigenvalue weighted by molar-refractivity contribution is 5.67. The Morgan fingerprint density at radius 3 is 2.82 bits per heavy atom. The smallest absolute Gasteiger partial charge is 0.305 e. The molecule has 0 amide bonds. The summed E-state index contributed by atoms with van der Waals surface area (Å²) in [4.78, 5) is 20.3. The molecule has 0 aliphatic heterocycles. The van der Waals surface area contributed by atoms with Crippen LogP contribution in [0.25, 0.3) is 0 Å². The van der Waals surface area contributed by atoms with Crippen LogP contribution in [0.15, 0.2) is 18.2 Å². The zero-order valence-electron chi connectivity index (χ0n) is 8.71. The highest BCUT2D eigenvalue weighted by atomic mass is 16.6. The van der Waals surface area contributed by atoms with Gasteiger partial charge in [-0.15, -0.1) is 0 Å². The number of carboxylic acid groups (broad SMARTS) is 1. The number of nitro benzene ring substituents is 1. The molecule has 0 fully saturated rings. The number of benzene rings is 1. The summed E-state index contributed by atoms with van der Waals surface area (Å²) in [6, 6.07) is 5.74. The van der Waals surface area contributed by atoms with Crippen LogP contribution in [0.2, 0.25) is 0 Å². The first-order valence-corrected chi connectivity index (χ1v) is 4.69. The Kier molecular flexibility index (Phi) is 4.00. The van der Waals surface area contributed by atoms with Gasteiger partial charge in [-0.3, -0.25) is 14.9 Å².